The van der Waals surface area contributed by atoms with Gasteiger partial charge in [0, 0.05) is 51.7 Å². The molecule has 1 aromatic heterocycles. The highest BCUT2D eigenvalue weighted by Gasteiger charge is 2.36. The van der Waals surface area contributed by atoms with Gasteiger partial charge in [-0.3, -0.25) is 24.2 Å². The second-order valence-corrected chi connectivity index (χ2v) is 7.95. The van der Waals surface area contributed by atoms with Crippen LogP contribution in [0.1, 0.15) is 32.5 Å². The van der Waals surface area contributed by atoms with Crippen molar-refractivity contribution in [2.75, 3.05) is 46.3 Å². The van der Waals surface area contributed by atoms with Gasteiger partial charge in [-0.25, -0.2) is 0 Å². The van der Waals surface area contributed by atoms with E-state index in [9.17, 15) is 14.4 Å². The van der Waals surface area contributed by atoms with Crippen LogP contribution in [0, 0.1) is 0 Å². The summed E-state index contributed by atoms with van der Waals surface area (Å²) in [5, 5.41) is 2.95. The van der Waals surface area contributed by atoms with Crippen molar-refractivity contribution < 1.29 is 14.4 Å². The van der Waals surface area contributed by atoms with E-state index < -0.39 is 11.8 Å². The molecule has 8 nitrogen and oxygen atoms in total. The highest BCUT2D eigenvalue weighted by molar-refractivity contribution is 6.22. The molecular weight excluding hydrogens is 382 g/mol. The molecule has 30 heavy (non-hydrogen) atoms. The minimum atomic E-state index is -0.413. The van der Waals surface area contributed by atoms with Gasteiger partial charge in [-0.05, 0) is 31.3 Å². The van der Waals surface area contributed by atoms with Crippen molar-refractivity contribution in [1.29, 1.82) is 0 Å². The summed E-state index contributed by atoms with van der Waals surface area (Å²) in [5.74, 6) is -1.16. The number of carbonyl (C=O) groups excluding carboxylic acids is 3. The average molecular weight is 409 g/mol. The number of nitrogens with zero attached hydrogens (tertiary/aromatic N) is 4. The van der Waals surface area contributed by atoms with Crippen LogP contribution in [0.4, 0.5) is 0 Å². The Morgan fingerprint density at radius 2 is 1.60 bits per heavy atom. The predicted octanol–water partition coefficient (Wildman–Crippen LogP) is 0.726. The predicted molar refractivity (Wildman–Crippen MR) is 112 cm³/mol. The smallest absolute Gasteiger partial charge is 0.262 e. The zero-order valence-electron chi connectivity index (χ0n) is 17.4. The minimum absolute atomic E-state index is 0.0322. The van der Waals surface area contributed by atoms with Crippen molar-refractivity contribution in [3.63, 3.8) is 0 Å². The normalized spacial score (nSPS) is 18.5. The molecule has 1 aromatic carbocycles. The summed E-state index contributed by atoms with van der Waals surface area (Å²) in [6.45, 7) is 3.94. The van der Waals surface area contributed by atoms with Gasteiger partial charge in [-0.2, -0.15) is 0 Å². The Morgan fingerprint density at radius 1 is 0.967 bits per heavy atom. The molecular formula is C22H27N5O3. The summed E-state index contributed by atoms with van der Waals surface area (Å²) in [6.07, 6.45) is 2.00. The third kappa shape index (κ3) is 3.88. The number of piperazine rings is 1. The highest BCUT2D eigenvalue weighted by atomic mass is 16.2. The SMILES string of the molecule is CN1CCN(C(CNC(=O)CN2C(=O)c3ccccc3C2=O)c2cccn2C)CC1. The van der Waals surface area contributed by atoms with Gasteiger partial charge in [-0.15, -0.1) is 0 Å². The van der Waals surface area contributed by atoms with Crippen molar-refractivity contribution >= 4 is 17.7 Å². The lowest BCUT2D eigenvalue weighted by atomic mass is 10.1. The zero-order valence-corrected chi connectivity index (χ0v) is 17.4. The Kier molecular flexibility index (Phi) is 5.69. The molecule has 1 unspecified atom stereocenters. The fourth-order valence-corrected chi connectivity index (χ4v) is 4.17. The molecule has 0 spiro atoms. The molecule has 8 heteroatoms. The third-order valence-corrected chi connectivity index (χ3v) is 5.98. The summed E-state index contributed by atoms with van der Waals surface area (Å²) in [6, 6.07) is 10.8. The number of rotatable bonds is 6. The fourth-order valence-electron chi connectivity index (χ4n) is 4.17. The first kappa shape index (κ1) is 20.3. The third-order valence-electron chi connectivity index (χ3n) is 5.98. The van der Waals surface area contributed by atoms with E-state index in [1.54, 1.807) is 24.3 Å². The molecule has 2 aromatic rings. The van der Waals surface area contributed by atoms with E-state index >= 15 is 0 Å². The van der Waals surface area contributed by atoms with E-state index in [0.29, 0.717) is 17.7 Å². The van der Waals surface area contributed by atoms with Crippen molar-refractivity contribution in [2.24, 2.45) is 7.05 Å². The van der Waals surface area contributed by atoms with Crippen LogP contribution in [0.5, 0.6) is 0 Å². The molecule has 1 atom stereocenters. The Balaban J connectivity index is 1.41. The van der Waals surface area contributed by atoms with Gasteiger partial charge in [0.15, 0.2) is 0 Å². The molecule has 0 saturated carbocycles. The van der Waals surface area contributed by atoms with E-state index in [4.69, 9.17) is 0 Å². The molecule has 3 amide bonds. The molecule has 3 heterocycles. The number of aromatic nitrogens is 1. The van der Waals surface area contributed by atoms with Crippen LogP contribution in [0.2, 0.25) is 0 Å². The summed E-state index contributed by atoms with van der Waals surface area (Å²) in [4.78, 5) is 43.3. The number of amides is 3. The van der Waals surface area contributed by atoms with Crippen LogP contribution >= 0.6 is 0 Å². The second-order valence-electron chi connectivity index (χ2n) is 7.95. The summed E-state index contributed by atoms with van der Waals surface area (Å²) in [7, 11) is 4.11. The number of carbonyl (C=O) groups is 3. The maximum atomic E-state index is 12.6. The first-order chi connectivity index (χ1) is 14.5. The molecule has 1 fully saturated rings. The molecule has 1 saturated heterocycles. The number of imide groups is 1. The number of fused-ring (bicyclic) bond motifs is 1. The van der Waals surface area contributed by atoms with Crippen LogP contribution in [-0.2, 0) is 11.8 Å². The number of hydrogen-bond donors (Lipinski definition) is 1. The van der Waals surface area contributed by atoms with Crippen molar-refractivity contribution in [1.82, 2.24) is 24.6 Å². The molecule has 2 aliphatic rings. The highest BCUT2D eigenvalue weighted by Crippen LogP contribution is 2.23. The van der Waals surface area contributed by atoms with E-state index in [2.05, 4.69) is 32.8 Å². The van der Waals surface area contributed by atoms with E-state index in [0.717, 1.165) is 36.8 Å². The van der Waals surface area contributed by atoms with Gasteiger partial charge in [0.2, 0.25) is 5.91 Å². The Morgan fingerprint density at radius 3 is 2.17 bits per heavy atom. The lowest BCUT2D eigenvalue weighted by Gasteiger charge is -2.38. The number of nitrogens with one attached hydrogen (secondary N) is 1. The number of benzene rings is 1. The van der Waals surface area contributed by atoms with Crippen molar-refractivity contribution in [2.45, 2.75) is 6.04 Å². The van der Waals surface area contributed by atoms with Crippen molar-refractivity contribution in [3.8, 4) is 0 Å². The Hall–Kier alpha value is -2.97. The number of likely N-dealkylation sites (N-methyl/N-ethyl adjacent to an activating group) is 1. The van der Waals surface area contributed by atoms with E-state index in [-0.39, 0.29) is 18.5 Å². The van der Waals surface area contributed by atoms with Crippen LogP contribution in [0.25, 0.3) is 0 Å². The molecule has 2 aliphatic heterocycles. The van der Waals surface area contributed by atoms with Crippen molar-refractivity contribution in [3.05, 3.63) is 59.4 Å². The lowest BCUT2D eigenvalue weighted by Crippen LogP contribution is -2.49. The zero-order chi connectivity index (χ0) is 21.3. The van der Waals surface area contributed by atoms with Crippen LogP contribution in [0.3, 0.4) is 0 Å². The maximum absolute atomic E-state index is 12.6. The van der Waals surface area contributed by atoms with Gasteiger partial charge in [0.05, 0.1) is 17.2 Å². The largest absolute Gasteiger partial charge is 0.353 e. The molecule has 4 rings (SSSR count). The Labute approximate surface area is 176 Å². The standard InChI is InChI=1S/C22H27N5O3/c1-24-10-12-26(13-11-24)19(18-8-5-9-25(18)2)14-23-20(28)15-27-21(29)16-6-3-4-7-17(16)22(27)30/h3-9,19H,10-15H2,1-2H3,(H,23,28). The second kappa shape index (κ2) is 8.41. The monoisotopic (exact) mass is 409 g/mol. The van der Waals surface area contributed by atoms with E-state index in [1.165, 1.54) is 0 Å². The molecule has 158 valence electrons. The lowest BCUT2D eigenvalue weighted by molar-refractivity contribution is -0.121. The first-order valence-electron chi connectivity index (χ1n) is 10.2. The molecule has 1 N–H and O–H groups in total. The van der Waals surface area contributed by atoms with Gasteiger partial charge in [-0.1, -0.05) is 12.1 Å². The molecule has 0 bridgehead atoms. The van der Waals surface area contributed by atoms with Gasteiger partial charge in [0.25, 0.3) is 11.8 Å². The van der Waals surface area contributed by atoms with Crippen LogP contribution in [-0.4, -0.2) is 83.3 Å². The van der Waals surface area contributed by atoms with Gasteiger partial charge in [0.1, 0.15) is 6.54 Å². The topological polar surface area (TPSA) is 77.9 Å². The number of aryl methyl sites for hydroxylation is 1. The fraction of sp³-hybridized carbons (Fsp3) is 0.409. The molecule has 0 aliphatic carbocycles. The minimum Gasteiger partial charge on any atom is -0.353 e. The van der Waals surface area contributed by atoms with E-state index in [1.807, 2.05) is 19.3 Å². The van der Waals surface area contributed by atoms with Crippen LogP contribution < -0.4 is 5.32 Å². The summed E-state index contributed by atoms with van der Waals surface area (Å²) >= 11 is 0. The Bertz CT molecular complexity index is 926. The summed E-state index contributed by atoms with van der Waals surface area (Å²) < 4.78 is 2.07. The van der Waals surface area contributed by atoms with Gasteiger partial charge < -0.3 is 14.8 Å². The summed E-state index contributed by atoms with van der Waals surface area (Å²) in [5.41, 5.74) is 1.84. The van der Waals surface area contributed by atoms with Gasteiger partial charge >= 0.3 is 0 Å². The maximum Gasteiger partial charge on any atom is 0.262 e. The quantitative estimate of drug-likeness (QED) is 0.712. The molecule has 0 radical (unpaired) electrons. The first-order valence-corrected chi connectivity index (χ1v) is 10.2. The average Bonchev–Trinajstić information content (AvgIpc) is 3.27. The van der Waals surface area contributed by atoms with Crippen LogP contribution in [0.15, 0.2) is 42.6 Å². The number of hydrogen-bond acceptors (Lipinski definition) is 5.